The zero-order chi connectivity index (χ0) is 10.9. The molecule has 5 nitrogen and oxygen atoms in total. The van der Waals surface area contributed by atoms with E-state index in [1.165, 1.54) is 6.92 Å². The summed E-state index contributed by atoms with van der Waals surface area (Å²) in [6.45, 7) is 1.22. The predicted octanol–water partition coefficient (Wildman–Crippen LogP) is 0.875. The van der Waals surface area contributed by atoms with Crippen LogP contribution < -0.4 is 5.73 Å². The first-order chi connectivity index (χ1) is 6.43. The molecular formula is C9H9NO4. The van der Waals surface area contributed by atoms with Crippen LogP contribution in [0.5, 0.6) is 5.75 Å². The lowest BCUT2D eigenvalue weighted by atomic mass is 10.1. The van der Waals surface area contributed by atoms with E-state index in [1.807, 2.05) is 0 Å². The Hall–Kier alpha value is -2.04. The van der Waals surface area contributed by atoms with Crippen molar-refractivity contribution in [3.8, 4) is 5.75 Å². The number of nitrogens with two attached hydrogens (primary N) is 1. The number of carbonyl (C=O) groups excluding carboxylic acids is 1. The highest BCUT2D eigenvalue weighted by atomic mass is 16.4. The maximum absolute atomic E-state index is 11.0. The van der Waals surface area contributed by atoms with Gasteiger partial charge in [-0.3, -0.25) is 4.79 Å². The van der Waals surface area contributed by atoms with Crippen molar-refractivity contribution in [1.29, 1.82) is 0 Å². The molecule has 0 aliphatic heterocycles. The minimum absolute atomic E-state index is 0.0811. The molecule has 0 atom stereocenters. The molecule has 0 fully saturated rings. The van der Waals surface area contributed by atoms with E-state index in [-0.39, 0.29) is 22.6 Å². The molecule has 0 radical (unpaired) electrons. The highest BCUT2D eigenvalue weighted by molar-refractivity contribution is 6.01. The highest BCUT2D eigenvalue weighted by Gasteiger charge is 2.14. The molecule has 0 aliphatic carbocycles. The van der Waals surface area contributed by atoms with Gasteiger partial charge < -0.3 is 15.9 Å². The molecule has 5 heteroatoms. The zero-order valence-electron chi connectivity index (χ0n) is 7.44. The molecule has 4 N–H and O–H groups in total. The summed E-state index contributed by atoms with van der Waals surface area (Å²) < 4.78 is 0. The van der Waals surface area contributed by atoms with Crippen molar-refractivity contribution in [2.45, 2.75) is 6.92 Å². The van der Waals surface area contributed by atoms with Crippen LogP contribution in [0.4, 0.5) is 5.69 Å². The molecule has 1 rings (SSSR count). The van der Waals surface area contributed by atoms with Gasteiger partial charge in [-0.2, -0.15) is 0 Å². The van der Waals surface area contributed by atoms with Gasteiger partial charge in [-0.1, -0.05) is 0 Å². The van der Waals surface area contributed by atoms with Crippen LogP contribution in [0.1, 0.15) is 27.6 Å². The first-order valence-corrected chi connectivity index (χ1v) is 3.80. The van der Waals surface area contributed by atoms with Crippen LogP contribution in [-0.2, 0) is 0 Å². The third-order valence-electron chi connectivity index (χ3n) is 1.77. The molecule has 0 bridgehead atoms. The van der Waals surface area contributed by atoms with Gasteiger partial charge in [0.05, 0.1) is 16.8 Å². The number of aromatic carboxylic acids is 1. The number of benzene rings is 1. The standard InChI is InChI=1S/C9H9NO4/c1-4(11)6-2-5(9(13)14)3-7(10)8(6)12/h2-3,12H,10H2,1H3,(H,13,14). The van der Waals surface area contributed by atoms with Crippen LogP contribution in [0.25, 0.3) is 0 Å². The molecule has 0 aliphatic rings. The molecule has 14 heavy (non-hydrogen) atoms. The Morgan fingerprint density at radius 3 is 2.36 bits per heavy atom. The molecule has 0 heterocycles. The SMILES string of the molecule is CC(=O)c1cc(C(=O)O)cc(N)c1O. The van der Waals surface area contributed by atoms with Crippen LogP contribution >= 0.6 is 0 Å². The molecule has 74 valence electrons. The number of phenolic OH excluding ortho intramolecular Hbond substituents is 1. The number of anilines is 1. The maximum Gasteiger partial charge on any atom is 0.335 e. The normalized spacial score (nSPS) is 9.79. The lowest BCUT2D eigenvalue weighted by Crippen LogP contribution is -2.03. The van der Waals surface area contributed by atoms with Crippen molar-refractivity contribution >= 4 is 17.4 Å². The van der Waals surface area contributed by atoms with Gasteiger partial charge >= 0.3 is 5.97 Å². The number of hydrogen-bond donors (Lipinski definition) is 3. The van der Waals surface area contributed by atoms with E-state index in [1.54, 1.807) is 0 Å². The van der Waals surface area contributed by atoms with Crippen LogP contribution in [0.2, 0.25) is 0 Å². The zero-order valence-corrected chi connectivity index (χ0v) is 7.44. The number of phenols is 1. The fraction of sp³-hybridized carbons (Fsp3) is 0.111. The third-order valence-corrected chi connectivity index (χ3v) is 1.77. The molecule has 0 amide bonds. The monoisotopic (exact) mass is 195 g/mol. The van der Waals surface area contributed by atoms with Crippen LogP contribution in [0, 0.1) is 0 Å². The van der Waals surface area contributed by atoms with Gasteiger partial charge in [-0.15, -0.1) is 0 Å². The lowest BCUT2D eigenvalue weighted by Gasteiger charge is -2.05. The first-order valence-electron chi connectivity index (χ1n) is 3.80. The Bertz CT molecular complexity index is 412. The van der Waals surface area contributed by atoms with Crippen molar-refractivity contribution in [1.82, 2.24) is 0 Å². The third kappa shape index (κ3) is 1.66. The van der Waals surface area contributed by atoms with Crippen LogP contribution in [0.15, 0.2) is 12.1 Å². The topological polar surface area (TPSA) is 101 Å². The number of aromatic hydroxyl groups is 1. The summed E-state index contributed by atoms with van der Waals surface area (Å²) in [5.74, 6) is -2.00. The quantitative estimate of drug-likeness (QED) is 0.369. The molecule has 0 unspecified atom stereocenters. The fourth-order valence-electron chi connectivity index (χ4n) is 1.05. The fourth-order valence-corrected chi connectivity index (χ4v) is 1.05. The van der Waals surface area contributed by atoms with E-state index in [9.17, 15) is 14.7 Å². The summed E-state index contributed by atoms with van der Waals surface area (Å²) in [4.78, 5) is 21.6. The summed E-state index contributed by atoms with van der Waals surface area (Å²) >= 11 is 0. The maximum atomic E-state index is 11.0. The summed E-state index contributed by atoms with van der Waals surface area (Å²) in [6, 6.07) is 2.19. The van der Waals surface area contributed by atoms with Gasteiger partial charge in [0, 0.05) is 0 Å². The first kappa shape index (κ1) is 10.0. The van der Waals surface area contributed by atoms with E-state index in [2.05, 4.69) is 0 Å². The van der Waals surface area contributed by atoms with Crippen molar-refractivity contribution in [3.63, 3.8) is 0 Å². The van der Waals surface area contributed by atoms with Gasteiger partial charge in [-0.05, 0) is 19.1 Å². The van der Waals surface area contributed by atoms with Gasteiger partial charge in [0.2, 0.25) is 0 Å². The number of carboxylic acid groups (broad SMARTS) is 1. The Morgan fingerprint density at radius 1 is 1.36 bits per heavy atom. The average Bonchev–Trinajstić information content (AvgIpc) is 2.08. The van der Waals surface area contributed by atoms with E-state index < -0.39 is 11.8 Å². The van der Waals surface area contributed by atoms with Crippen molar-refractivity contribution in [2.24, 2.45) is 0 Å². The van der Waals surface area contributed by atoms with E-state index in [0.717, 1.165) is 12.1 Å². The smallest absolute Gasteiger partial charge is 0.335 e. The highest BCUT2D eigenvalue weighted by Crippen LogP contribution is 2.27. The number of Topliss-reactive ketones (excluding diaryl/α,β-unsaturated/α-hetero) is 1. The number of carbonyl (C=O) groups is 2. The summed E-state index contributed by atoms with van der Waals surface area (Å²) in [7, 11) is 0. The average molecular weight is 195 g/mol. The van der Waals surface area contributed by atoms with E-state index in [4.69, 9.17) is 10.8 Å². The molecule has 0 aromatic heterocycles. The number of hydrogen-bond acceptors (Lipinski definition) is 4. The summed E-state index contributed by atoms with van der Waals surface area (Å²) in [6.07, 6.45) is 0. The van der Waals surface area contributed by atoms with E-state index >= 15 is 0 Å². The Morgan fingerprint density at radius 2 is 1.93 bits per heavy atom. The summed E-state index contributed by atoms with van der Waals surface area (Å²) in [5.41, 5.74) is 5.01. The molecule has 0 spiro atoms. The largest absolute Gasteiger partial charge is 0.505 e. The lowest BCUT2D eigenvalue weighted by molar-refractivity contribution is 0.0697. The minimum Gasteiger partial charge on any atom is -0.505 e. The summed E-state index contributed by atoms with van der Waals surface area (Å²) in [5, 5.41) is 18.0. The minimum atomic E-state index is -1.20. The van der Waals surface area contributed by atoms with Crippen molar-refractivity contribution in [2.75, 3.05) is 5.73 Å². The Balaban J connectivity index is 3.43. The number of nitrogen functional groups attached to an aromatic ring is 1. The molecule has 1 aromatic rings. The number of rotatable bonds is 2. The van der Waals surface area contributed by atoms with Gasteiger partial charge in [-0.25, -0.2) is 4.79 Å². The van der Waals surface area contributed by atoms with Crippen molar-refractivity contribution in [3.05, 3.63) is 23.3 Å². The second-order valence-electron chi connectivity index (χ2n) is 2.82. The number of ketones is 1. The second-order valence-corrected chi connectivity index (χ2v) is 2.82. The van der Waals surface area contributed by atoms with Crippen LogP contribution in [0.3, 0.4) is 0 Å². The van der Waals surface area contributed by atoms with Crippen molar-refractivity contribution < 1.29 is 19.8 Å². The molecule has 0 saturated heterocycles. The van der Waals surface area contributed by atoms with Gasteiger partial charge in [0.25, 0.3) is 0 Å². The second kappa shape index (κ2) is 3.37. The van der Waals surface area contributed by atoms with E-state index in [0.29, 0.717) is 0 Å². The van der Waals surface area contributed by atoms with Gasteiger partial charge in [0.15, 0.2) is 5.78 Å². The predicted molar refractivity (Wildman–Crippen MR) is 49.5 cm³/mol. The molecular weight excluding hydrogens is 186 g/mol. The molecule has 0 saturated carbocycles. The number of carboxylic acids is 1. The van der Waals surface area contributed by atoms with Crippen LogP contribution in [-0.4, -0.2) is 22.0 Å². The molecule has 1 aromatic carbocycles. The van der Waals surface area contributed by atoms with Gasteiger partial charge in [0.1, 0.15) is 5.75 Å². The Kier molecular flexibility index (Phi) is 2.42. The Labute approximate surface area is 79.8 Å².